The average Bonchev–Trinajstić information content (AvgIpc) is 2.52. The maximum absolute atomic E-state index is 5.44. The fourth-order valence-electron chi connectivity index (χ4n) is 0.960. The number of nitrogens with zero attached hydrogens (tertiary/aromatic N) is 2. The van der Waals surface area contributed by atoms with Crippen LogP contribution in [0.1, 0.15) is 38.5 Å². The molecule has 4 heteroatoms. The summed E-state index contributed by atoms with van der Waals surface area (Å²) in [5.41, 5.74) is 5.38. The Morgan fingerprint density at radius 3 is 2.54 bits per heavy atom. The van der Waals surface area contributed by atoms with E-state index in [0.29, 0.717) is 30.7 Å². The first kappa shape index (κ1) is 10.2. The van der Waals surface area contributed by atoms with Gasteiger partial charge in [-0.3, -0.25) is 0 Å². The quantitative estimate of drug-likeness (QED) is 0.764. The van der Waals surface area contributed by atoms with Gasteiger partial charge in [0, 0.05) is 18.9 Å². The molecular weight excluding hydrogens is 166 g/mol. The number of rotatable bonds is 4. The predicted molar refractivity (Wildman–Crippen MR) is 50.3 cm³/mol. The van der Waals surface area contributed by atoms with E-state index in [1.807, 2.05) is 0 Å². The van der Waals surface area contributed by atoms with Crippen molar-refractivity contribution in [2.24, 2.45) is 11.7 Å². The first-order valence-electron chi connectivity index (χ1n) is 4.67. The Morgan fingerprint density at radius 1 is 1.31 bits per heavy atom. The molecule has 0 saturated heterocycles. The summed E-state index contributed by atoms with van der Waals surface area (Å²) in [5.74, 6) is 2.20. The normalized spacial score (nSPS) is 13.6. The van der Waals surface area contributed by atoms with Gasteiger partial charge >= 0.3 is 0 Å². The van der Waals surface area contributed by atoms with Crippen molar-refractivity contribution in [1.29, 1.82) is 0 Å². The highest BCUT2D eigenvalue weighted by Gasteiger charge is 2.16. The highest BCUT2D eigenvalue weighted by molar-refractivity contribution is 4.90. The molecule has 4 nitrogen and oxygen atoms in total. The maximum Gasteiger partial charge on any atom is 0.219 e. The highest BCUT2D eigenvalue weighted by atomic mass is 16.4. The third kappa shape index (κ3) is 2.52. The molecule has 0 fully saturated rings. The van der Waals surface area contributed by atoms with Gasteiger partial charge in [-0.25, -0.2) is 0 Å². The Labute approximate surface area is 78.5 Å². The molecule has 1 atom stereocenters. The van der Waals surface area contributed by atoms with Crippen LogP contribution in [0.25, 0.3) is 0 Å². The minimum Gasteiger partial charge on any atom is -0.425 e. The lowest BCUT2D eigenvalue weighted by molar-refractivity contribution is 0.381. The second-order valence-electron chi connectivity index (χ2n) is 3.61. The molecule has 13 heavy (non-hydrogen) atoms. The van der Waals surface area contributed by atoms with Crippen molar-refractivity contribution in [3.8, 4) is 0 Å². The van der Waals surface area contributed by atoms with E-state index in [2.05, 4.69) is 31.0 Å². The Balaban J connectivity index is 2.67. The van der Waals surface area contributed by atoms with Crippen LogP contribution in [0, 0.1) is 5.92 Å². The van der Waals surface area contributed by atoms with Gasteiger partial charge < -0.3 is 10.2 Å². The summed E-state index contributed by atoms with van der Waals surface area (Å²) in [5, 5.41) is 7.90. The number of aromatic nitrogens is 2. The molecule has 74 valence electrons. The summed E-state index contributed by atoms with van der Waals surface area (Å²) in [4.78, 5) is 0. The molecule has 0 aliphatic rings. The minimum atomic E-state index is 0.319. The Morgan fingerprint density at radius 2 is 2.00 bits per heavy atom. The lowest BCUT2D eigenvalue weighted by Crippen LogP contribution is -2.03. The van der Waals surface area contributed by atoms with E-state index < -0.39 is 0 Å². The van der Waals surface area contributed by atoms with Crippen LogP contribution in [-0.4, -0.2) is 16.7 Å². The van der Waals surface area contributed by atoms with Gasteiger partial charge in [0.1, 0.15) is 0 Å². The van der Waals surface area contributed by atoms with Gasteiger partial charge in [-0.05, 0) is 5.92 Å². The zero-order valence-electron chi connectivity index (χ0n) is 8.45. The minimum absolute atomic E-state index is 0.319. The van der Waals surface area contributed by atoms with Crippen molar-refractivity contribution < 1.29 is 4.42 Å². The molecule has 1 unspecified atom stereocenters. The van der Waals surface area contributed by atoms with Gasteiger partial charge in [0.15, 0.2) is 0 Å². The highest BCUT2D eigenvalue weighted by Crippen LogP contribution is 2.21. The van der Waals surface area contributed by atoms with Crippen molar-refractivity contribution in [1.82, 2.24) is 10.2 Å². The van der Waals surface area contributed by atoms with E-state index >= 15 is 0 Å². The van der Waals surface area contributed by atoms with Crippen LogP contribution in [0.5, 0.6) is 0 Å². The summed E-state index contributed by atoms with van der Waals surface area (Å²) in [7, 11) is 0. The van der Waals surface area contributed by atoms with Gasteiger partial charge in [-0.2, -0.15) is 0 Å². The molecule has 0 aromatic carbocycles. The van der Waals surface area contributed by atoms with Crippen LogP contribution in [-0.2, 0) is 6.42 Å². The van der Waals surface area contributed by atoms with E-state index in [1.54, 1.807) is 0 Å². The third-order valence-electron chi connectivity index (χ3n) is 2.23. The van der Waals surface area contributed by atoms with Crippen molar-refractivity contribution in [3.63, 3.8) is 0 Å². The van der Waals surface area contributed by atoms with Gasteiger partial charge in [0.2, 0.25) is 11.8 Å². The van der Waals surface area contributed by atoms with Gasteiger partial charge in [-0.15, -0.1) is 10.2 Å². The van der Waals surface area contributed by atoms with Gasteiger partial charge in [-0.1, -0.05) is 20.8 Å². The van der Waals surface area contributed by atoms with Gasteiger partial charge in [0.25, 0.3) is 0 Å². The zero-order chi connectivity index (χ0) is 9.84. The molecule has 0 spiro atoms. The second kappa shape index (κ2) is 4.37. The van der Waals surface area contributed by atoms with Crippen molar-refractivity contribution >= 4 is 0 Å². The van der Waals surface area contributed by atoms with Crippen molar-refractivity contribution in [2.45, 2.75) is 33.1 Å². The number of hydrogen-bond acceptors (Lipinski definition) is 4. The molecule has 1 aromatic heterocycles. The summed E-state index contributed by atoms with van der Waals surface area (Å²) in [6.45, 7) is 6.91. The molecule has 0 aliphatic carbocycles. The molecule has 0 amide bonds. The Hall–Kier alpha value is -0.900. The summed E-state index contributed by atoms with van der Waals surface area (Å²) in [6.07, 6.45) is 0.664. The molecule has 0 aliphatic heterocycles. The standard InChI is InChI=1S/C9H17N3O/c1-6(2)7(3)9-12-11-8(13-9)4-5-10/h6-7H,4-5,10H2,1-3H3. The maximum atomic E-state index is 5.44. The van der Waals surface area contributed by atoms with E-state index in [0.717, 1.165) is 5.89 Å². The van der Waals surface area contributed by atoms with E-state index in [-0.39, 0.29) is 0 Å². The van der Waals surface area contributed by atoms with Crippen LogP contribution in [0.4, 0.5) is 0 Å². The first-order valence-corrected chi connectivity index (χ1v) is 4.67. The Kier molecular flexibility index (Phi) is 3.42. The molecule has 1 rings (SSSR count). The number of hydrogen-bond donors (Lipinski definition) is 1. The molecule has 0 radical (unpaired) electrons. The topological polar surface area (TPSA) is 64.9 Å². The third-order valence-corrected chi connectivity index (χ3v) is 2.23. The summed E-state index contributed by atoms with van der Waals surface area (Å²) in [6, 6.07) is 0. The first-order chi connectivity index (χ1) is 6.15. The lowest BCUT2D eigenvalue weighted by Gasteiger charge is -2.09. The summed E-state index contributed by atoms with van der Waals surface area (Å²) < 4.78 is 5.44. The molecule has 0 bridgehead atoms. The van der Waals surface area contributed by atoms with Crippen LogP contribution >= 0.6 is 0 Å². The zero-order valence-corrected chi connectivity index (χ0v) is 8.45. The monoisotopic (exact) mass is 183 g/mol. The lowest BCUT2D eigenvalue weighted by atomic mass is 9.98. The number of nitrogens with two attached hydrogens (primary N) is 1. The average molecular weight is 183 g/mol. The Bertz CT molecular complexity index is 257. The van der Waals surface area contributed by atoms with E-state index in [9.17, 15) is 0 Å². The van der Waals surface area contributed by atoms with Gasteiger partial charge in [0.05, 0.1) is 0 Å². The van der Waals surface area contributed by atoms with Crippen molar-refractivity contribution in [2.75, 3.05) is 6.54 Å². The van der Waals surface area contributed by atoms with Crippen LogP contribution in [0.2, 0.25) is 0 Å². The SMILES string of the molecule is CC(C)C(C)c1nnc(CCN)o1. The fraction of sp³-hybridized carbons (Fsp3) is 0.778. The smallest absolute Gasteiger partial charge is 0.219 e. The molecule has 1 aromatic rings. The summed E-state index contributed by atoms with van der Waals surface area (Å²) >= 11 is 0. The molecule has 1 heterocycles. The molecule has 0 saturated carbocycles. The molecular formula is C9H17N3O. The van der Waals surface area contributed by atoms with E-state index in [1.165, 1.54) is 0 Å². The second-order valence-corrected chi connectivity index (χ2v) is 3.61. The van der Waals surface area contributed by atoms with E-state index in [4.69, 9.17) is 10.2 Å². The van der Waals surface area contributed by atoms with Crippen molar-refractivity contribution in [3.05, 3.63) is 11.8 Å². The van der Waals surface area contributed by atoms with Crippen LogP contribution in [0.3, 0.4) is 0 Å². The largest absolute Gasteiger partial charge is 0.425 e. The van der Waals surface area contributed by atoms with Crippen LogP contribution in [0.15, 0.2) is 4.42 Å². The predicted octanol–water partition coefficient (Wildman–Crippen LogP) is 1.33. The van der Waals surface area contributed by atoms with Crippen LogP contribution < -0.4 is 5.73 Å². The fourth-order valence-corrected chi connectivity index (χ4v) is 0.960. The molecule has 2 N–H and O–H groups in total.